The maximum Gasteiger partial charge on any atom is 0.247 e. The van der Waals surface area contributed by atoms with E-state index in [4.69, 9.17) is 4.42 Å². The third-order valence-electron chi connectivity index (χ3n) is 4.67. The van der Waals surface area contributed by atoms with Gasteiger partial charge in [0, 0.05) is 16.6 Å². The van der Waals surface area contributed by atoms with Gasteiger partial charge in [-0.3, -0.25) is 4.90 Å². The van der Waals surface area contributed by atoms with Crippen LogP contribution in [0.15, 0.2) is 38.3 Å². The predicted molar refractivity (Wildman–Crippen MR) is 119 cm³/mol. The number of unbranched alkanes of at least 4 members (excludes halogenated alkanes) is 1. The van der Waals surface area contributed by atoms with E-state index in [2.05, 4.69) is 73.7 Å². The summed E-state index contributed by atoms with van der Waals surface area (Å²) in [5.74, 6) is 2.69. The van der Waals surface area contributed by atoms with E-state index < -0.39 is 0 Å². The van der Waals surface area contributed by atoms with Gasteiger partial charge in [-0.15, -0.1) is 20.4 Å². The second-order valence-corrected chi connectivity index (χ2v) is 8.89. The van der Waals surface area contributed by atoms with Crippen molar-refractivity contribution in [2.24, 2.45) is 0 Å². The van der Waals surface area contributed by atoms with Crippen LogP contribution in [0.4, 0.5) is 0 Å². The lowest BCUT2D eigenvalue weighted by Crippen LogP contribution is -2.23. The summed E-state index contributed by atoms with van der Waals surface area (Å²) in [4.78, 5) is 2.20. The Kier molecular flexibility index (Phi) is 7.85. The first-order valence-corrected chi connectivity index (χ1v) is 11.6. The van der Waals surface area contributed by atoms with Crippen LogP contribution in [-0.2, 0) is 12.3 Å². The molecule has 7 nitrogen and oxygen atoms in total. The van der Waals surface area contributed by atoms with Crippen LogP contribution in [0.25, 0.3) is 11.5 Å². The van der Waals surface area contributed by atoms with Gasteiger partial charge >= 0.3 is 0 Å². The highest BCUT2D eigenvalue weighted by molar-refractivity contribution is 9.10. The standard InChI is InChI=1S/C20H27BrN6OS/c1-5-7-12-27-18(16(6-2)26(3)4)23-25-20(27)29-13-17-22-24-19(28-17)14-8-10-15(21)11-9-14/h8-11,16H,5-7,12-13H2,1-4H3/t16-/m0/s1. The molecular formula is C20H27BrN6OS. The van der Waals surface area contributed by atoms with Crippen LogP contribution in [-0.4, -0.2) is 44.0 Å². The van der Waals surface area contributed by atoms with Crippen LogP contribution in [0, 0.1) is 0 Å². The number of halogens is 1. The molecule has 0 aliphatic rings. The SMILES string of the molecule is CCCCn1c(SCc2nnc(-c3ccc(Br)cc3)o2)nnc1[C@H](CC)N(C)C. The van der Waals surface area contributed by atoms with E-state index in [-0.39, 0.29) is 6.04 Å². The van der Waals surface area contributed by atoms with Gasteiger partial charge in [-0.2, -0.15) is 0 Å². The third kappa shape index (κ3) is 5.46. The summed E-state index contributed by atoms with van der Waals surface area (Å²) in [6.45, 7) is 5.29. The summed E-state index contributed by atoms with van der Waals surface area (Å²) >= 11 is 5.03. The van der Waals surface area contributed by atoms with E-state index in [1.165, 1.54) is 0 Å². The minimum atomic E-state index is 0.251. The molecule has 0 N–H and O–H groups in total. The van der Waals surface area contributed by atoms with E-state index >= 15 is 0 Å². The Balaban J connectivity index is 1.74. The van der Waals surface area contributed by atoms with Crippen molar-refractivity contribution in [2.75, 3.05) is 14.1 Å². The molecule has 29 heavy (non-hydrogen) atoms. The maximum atomic E-state index is 5.84. The van der Waals surface area contributed by atoms with Crippen molar-refractivity contribution in [3.8, 4) is 11.5 Å². The van der Waals surface area contributed by atoms with Crippen LogP contribution in [0.2, 0.25) is 0 Å². The fourth-order valence-corrected chi connectivity index (χ4v) is 4.18. The molecule has 2 heterocycles. The van der Waals surface area contributed by atoms with Gasteiger partial charge in [0.25, 0.3) is 0 Å². The summed E-state index contributed by atoms with van der Waals surface area (Å²) < 4.78 is 9.10. The fraction of sp³-hybridized carbons (Fsp3) is 0.500. The molecule has 1 aromatic carbocycles. The molecule has 3 aromatic rings. The van der Waals surface area contributed by atoms with E-state index in [1.807, 2.05) is 24.3 Å². The molecule has 0 spiro atoms. The molecule has 0 fully saturated rings. The van der Waals surface area contributed by atoms with Crippen molar-refractivity contribution in [3.63, 3.8) is 0 Å². The topological polar surface area (TPSA) is 72.9 Å². The summed E-state index contributed by atoms with van der Waals surface area (Å²) in [6, 6.07) is 8.07. The van der Waals surface area contributed by atoms with Crippen molar-refractivity contribution in [1.29, 1.82) is 0 Å². The summed E-state index contributed by atoms with van der Waals surface area (Å²) in [6.07, 6.45) is 3.21. The van der Waals surface area contributed by atoms with Crippen molar-refractivity contribution in [3.05, 3.63) is 40.5 Å². The zero-order valence-electron chi connectivity index (χ0n) is 17.3. The second-order valence-electron chi connectivity index (χ2n) is 7.03. The van der Waals surface area contributed by atoms with Gasteiger partial charge in [-0.05, 0) is 51.2 Å². The van der Waals surface area contributed by atoms with Gasteiger partial charge in [0.15, 0.2) is 11.0 Å². The summed E-state index contributed by atoms with van der Waals surface area (Å²) in [7, 11) is 4.17. The zero-order chi connectivity index (χ0) is 20.8. The normalized spacial score (nSPS) is 12.6. The van der Waals surface area contributed by atoms with Crippen LogP contribution in [0.3, 0.4) is 0 Å². The van der Waals surface area contributed by atoms with Gasteiger partial charge in [0.1, 0.15) is 0 Å². The van der Waals surface area contributed by atoms with Crippen LogP contribution in [0.1, 0.15) is 50.9 Å². The molecule has 0 aliphatic carbocycles. The first-order chi connectivity index (χ1) is 14.0. The number of thioether (sulfide) groups is 1. The summed E-state index contributed by atoms with van der Waals surface area (Å²) in [5, 5.41) is 18.2. The third-order valence-corrected chi connectivity index (χ3v) is 6.15. The highest BCUT2D eigenvalue weighted by atomic mass is 79.9. The number of rotatable bonds is 10. The number of aromatic nitrogens is 5. The predicted octanol–water partition coefficient (Wildman–Crippen LogP) is 5.20. The van der Waals surface area contributed by atoms with Crippen molar-refractivity contribution >= 4 is 27.7 Å². The second kappa shape index (κ2) is 10.4. The molecule has 1 atom stereocenters. The van der Waals surface area contributed by atoms with Crippen LogP contribution in [0.5, 0.6) is 0 Å². The Morgan fingerprint density at radius 1 is 1.10 bits per heavy atom. The fourth-order valence-electron chi connectivity index (χ4n) is 3.11. The van der Waals surface area contributed by atoms with Crippen molar-refractivity contribution in [2.45, 2.75) is 56.6 Å². The van der Waals surface area contributed by atoms with Gasteiger partial charge in [-0.25, -0.2) is 0 Å². The Labute approximate surface area is 184 Å². The number of nitrogens with zero attached hydrogens (tertiary/aromatic N) is 6. The molecule has 0 amide bonds. The van der Waals surface area contributed by atoms with E-state index in [0.717, 1.165) is 46.8 Å². The highest BCUT2D eigenvalue weighted by Crippen LogP contribution is 2.28. The number of hydrogen-bond acceptors (Lipinski definition) is 7. The first kappa shape index (κ1) is 22.0. The minimum Gasteiger partial charge on any atom is -0.420 e. The average molecular weight is 479 g/mol. The molecule has 0 aliphatic heterocycles. The molecule has 9 heteroatoms. The zero-order valence-corrected chi connectivity index (χ0v) is 19.7. The number of benzene rings is 1. The van der Waals surface area contributed by atoms with Gasteiger partial charge in [0.05, 0.1) is 11.8 Å². The first-order valence-electron chi connectivity index (χ1n) is 9.84. The Bertz CT molecular complexity index is 908. The van der Waals surface area contributed by atoms with E-state index in [1.54, 1.807) is 11.8 Å². The quantitative estimate of drug-likeness (QED) is 0.370. The van der Waals surface area contributed by atoms with Crippen LogP contribution < -0.4 is 0 Å². The molecule has 3 rings (SSSR count). The highest BCUT2D eigenvalue weighted by Gasteiger charge is 2.22. The van der Waals surface area contributed by atoms with E-state index in [0.29, 0.717) is 17.5 Å². The largest absolute Gasteiger partial charge is 0.420 e. The molecule has 0 saturated heterocycles. The lowest BCUT2D eigenvalue weighted by Gasteiger charge is -2.23. The Morgan fingerprint density at radius 3 is 2.52 bits per heavy atom. The minimum absolute atomic E-state index is 0.251. The monoisotopic (exact) mass is 478 g/mol. The van der Waals surface area contributed by atoms with Gasteiger partial charge in [-0.1, -0.05) is 48.0 Å². The molecule has 0 bridgehead atoms. The van der Waals surface area contributed by atoms with Crippen molar-refractivity contribution in [1.82, 2.24) is 29.9 Å². The number of hydrogen-bond donors (Lipinski definition) is 0. The average Bonchev–Trinajstić information content (AvgIpc) is 3.33. The van der Waals surface area contributed by atoms with Gasteiger partial charge in [0.2, 0.25) is 11.8 Å². The molecular weight excluding hydrogens is 452 g/mol. The molecule has 0 unspecified atom stereocenters. The smallest absolute Gasteiger partial charge is 0.247 e. The van der Waals surface area contributed by atoms with Crippen molar-refractivity contribution < 1.29 is 4.42 Å². The van der Waals surface area contributed by atoms with Crippen LogP contribution >= 0.6 is 27.7 Å². The molecule has 0 saturated carbocycles. The molecule has 0 radical (unpaired) electrons. The Hall–Kier alpha value is -1.71. The summed E-state index contributed by atoms with van der Waals surface area (Å²) in [5.41, 5.74) is 0.905. The lowest BCUT2D eigenvalue weighted by molar-refractivity contribution is 0.270. The lowest BCUT2D eigenvalue weighted by atomic mass is 10.2. The molecule has 2 aromatic heterocycles. The van der Waals surface area contributed by atoms with E-state index in [9.17, 15) is 0 Å². The Morgan fingerprint density at radius 2 is 1.86 bits per heavy atom. The maximum absolute atomic E-state index is 5.84. The van der Waals surface area contributed by atoms with Gasteiger partial charge < -0.3 is 8.98 Å². The molecule has 156 valence electrons.